The van der Waals surface area contributed by atoms with Gasteiger partial charge in [-0.05, 0) is 62.1 Å². The Balaban J connectivity index is 1.39. The van der Waals surface area contributed by atoms with Crippen molar-refractivity contribution in [2.75, 3.05) is 0 Å². The number of benzene rings is 1. The second-order valence-electron chi connectivity index (χ2n) is 11.4. The van der Waals surface area contributed by atoms with Gasteiger partial charge < -0.3 is 39.0 Å². The quantitative estimate of drug-likeness (QED) is 0.292. The van der Waals surface area contributed by atoms with E-state index in [4.69, 9.17) is 18.9 Å². The van der Waals surface area contributed by atoms with E-state index in [1.54, 1.807) is 12.1 Å². The van der Waals surface area contributed by atoms with Crippen molar-refractivity contribution in [3.05, 3.63) is 35.1 Å². The fourth-order valence-electron chi connectivity index (χ4n) is 7.14. The molecule has 2 bridgehead atoms. The highest BCUT2D eigenvalue weighted by atomic mass is 16.6. The van der Waals surface area contributed by atoms with E-state index in [9.17, 15) is 39.3 Å². The maximum Gasteiger partial charge on any atom is 0.352 e. The summed E-state index contributed by atoms with van der Waals surface area (Å²) in [7, 11) is 0. The number of aromatic hydroxyl groups is 1. The molecule has 1 aromatic rings. The molecule has 13 nitrogen and oxygen atoms in total. The van der Waals surface area contributed by atoms with Gasteiger partial charge in [-0.15, -0.1) is 0 Å². The van der Waals surface area contributed by atoms with Crippen molar-refractivity contribution in [3.8, 4) is 11.5 Å². The molecule has 3 aliphatic carbocycles. The van der Waals surface area contributed by atoms with Crippen LogP contribution in [0.15, 0.2) is 24.0 Å². The van der Waals surface area contributed by atoms with Gasteiger partial charge in [0.2, 0.25) is 12.2 Å². The van der Waals surface area contributed by atoms with Crippen molar-refractivity contribution in [3.63, 3.8) is 0 Å². The highest BCUT2D eigenvalue weighted by Gasteiger charge is 2.72. The molecule has 3 N–H and O–H groups in total. The number of esters is 4. The molecule has 1 aliphatic heterocycles. The van der Waals surface area contributed by atoms with Gasteiger partial charge in [-0.1, -0.05) is 13.0 Å². The van der Waals surface area contributed by atoms with E-state index >= 15 is 0 Å². The molecule has 5 rings (SSSR count). The molecule has 226 valence electrons. The summed E-state index contributed by atoms with van der Waals surface area (Å²) >= 11 is 0. The minimum absolute atomic E-state index is 0.0733. The molecule has 8 atom stereocenters. The summed E-state index contributed by atoms with van der Waals surface area (Å²) in [4.78, 5) is 60.5. The molecular weight excluding hydrogens is 556 g/mol. The van der Waals surface area contributed by atoms with Crippen LogP contribution in [-0.2, 0) is 54.8 Å². The lowest BCUT2D eigenvalue weighted by atomic mass is 9.45. The molecule has 0 saturated heterocycles. The third-order valence-corrected chi connectivity index (χ3v) is 8.91. The van der Waals surface area contributed by atoms with Crippen molar-refractivity contribution in [1.82, 2.24) is 0 Å². The van der Waals surface area contributed by atoms with Crippen LogP contribution < -0.4 is 4.74 Å². The van der Waals surface area contributed by atoms with Crippen LogP contribution in [-0.4, -0.2) is 75.2 Å². The normalized spacial score (nSPS) is 30.3. The van der Waals surface area contributed by atoms with Crippen molar-refractivity contribution < 1.29 is 63.0 Å². The summed E-state index contributed by atoms with van der Waals surface area (Å²) < 4.78 is 26.4. The van der Waals surface area contributed by atoms with Crippen LogP contribution in [0.2, 0.25) is 0 Å². The minimum atomic E-state index is -2.22. The standard InChI is InChI=1S/C29H32O13/c1-12-7-9-28-20-16-5-6-18(32)21(20)42-24(28)19(8-10-29(28,37)17(12)11-16)41-26(35)13(2)38-27(36)23(40-15(4)31)22(25(33)34)39-14(3)30/h5-6,8,12-13,17,22-24,32,37H,7,9-11H2,1-4H3,(H,33,34)/t12?,13-,17-,22+,23+,24-,28-,29+/m0/s1. The van der Waals surface area contributed by atoms with E-state index in [0.29, 0.717) is 18.4 Å². The zero-order chi connectivity index (χ0) is 30.7. The van der Waals surface area contributed by atoms with Gasteiger partial charge in [-0.2, -0.15) is 0 Å². The summed E-state index contributed by atoms with van der Waals surface area (Å²) in [6.45, 7) is 5.07. The minimum Gasteiger partial charge on any atom is -0.504 e. The maximum absolute atomic E-state index is 13.1. The summed E-state index contributed by atoms with van der Waals surface area (Å²) in [5.41, 5.74) is -0.517. The number of carbonyl (C=O) groups excluding carboxylic acids is 4. The SMILES string of the molecule is CC(=O)O[C@@H](C(=O)O)[C@@H](OC(C)=O)C(=O)O[C@@H](C)C(=O)OC1=CC[C@@]2(O)[C@H]3Cc4ccc(O)c5c4[C@@]2(CCC3C)[C@H]1O5. The number of aliphatic hydroxyl groups is 1. The Bertz CT molecular complexity index is 1400. The number of phenolic OH excluding ortho intramolecular Hbond substituents is 1. The van der Waals surface area contributed by atoms with Crippen LogP contribution in [0.4, 0.5) is 0 Å². The van der Waals surface area contributed by atoms with E-state index in [2.05, 4.69) is 11.7 Å². The third-order valence-electron chi connectivity index (χ3n) is 8.91. The first-order chi connectivity index (χ1) is 19.7. The van der Waals surface area contributed by atoms with Gasteiger partial charge in [0, 0.05) is 19.4 Å². The summed E-state index contributed by atoms with van der Waals surface area (Å²) in [6, 6.07) is 3.38. The van der Waals surface area contributed by atoms with Crippen LogP contribution >= 0.6 is 0 Å². The number of ether oxygens (including phenoxy) is 5. The Kier molecular flexibility index (Phi) is 7.20. The predicted octanol–water partition coefficient (Wildman–Crippen LogP) is 1.43. The lowest BCUT2D eigenvalue weighted by Crippen LogP contribution is -2.69. The molecule has 0 radical (unpaired) electrons. The van der Waals surface area contributed by atoms with Gasteiger partial charge in [0.05, 0.1) is 11.0 Å². The fraction of sp³-hybridized carbons (Fsp3) is 0.552. The molecule has 0 aromatic heterocycles. The maximum atomic E-state index is 13.1. The van der Waals surface area contributed by atoms with E-state index in [-0.39, 0.29) is 35.5 Å². The zero-order valence-electron chi connectivity index (χ0n) is 23.4. The van der Waals surface area contributed by atoms with Crippen LogP contribution in [0.5, 0.6) is 11.5 Å². The predicted molar refractivity (Wildman–Crippen MR) is 138 cm³/mol. The number of carboxylic acid groups (broad SMARTS) is 1. The molecule has 0 amide bonds. The first kappa shape index (κ1) is 29.4. The molecule has 1 aromatic carbocycles. The molecular formula is C29H32O13. The van der Waals surface area contributed by atoms with Crippen molar-refractivity contribution >= 4 is 29.8 Å². The highest BCUT2D eigenvalue weighted by molar-refractivity contribution is 5.89. The van der Waals surface area contributed by atoms with Crippen molar-refractivity contribution in [2.45, 2.75) is 88.8 Å². The number of carbonyl (C=O) groups is 5. The Labute approximate surface area is 240 Å². The van der Waals surface area contributed by atoms with Gasteiger partial charge in [0.15, 0.2) is 23.7 Å². The molecule has 13 heteroatoms. The molecule has 1 spiro atoms. The zero-order valence-corrected chi connectivity index (χ0v) is 23.4. The van der Waals surface area contributed by atoms with Crippen LogP contribution in [0, 0.1) is 11.8 Å². The third kappa shape index (κ3) is 4.37. The number of hydrogen-bond donors (Lipinski definition) is 3. The molecule has 1 fully saturated rings. The first-order valence-electron chi connectivity index (χ1n) is 13.6. The Morgan fingerprint density at radius 2 is 1.69 bits per heavy atom. The Hall–Kier alpha value is -4.13. The monoisotopic (exact) mass is 588 g/mol. The number of hydrogen-bond acceptors (Lipinski definition) is 12. The fourth-order valence-corrected chi connectivity index (χ4v) is 7.14. The summed E-state index contributed by atoms with van der Waals surface area (Å²) in [5, 5.41) is 32.3. The summed E-state index contributed by atoms with van der Waals surface area (Å²) in [5.74, 6) is -6.07. The van der Waals surface area contributed by atoms with E-state index in [1.807, 2.05) is 6.07 Å². The number of aliphatic carboxylic acids is 1. The Morgan fingerprint density at radius 1 is 1.02 bits per heavy atom. The molecule has 1 saturated carbocycles. The van der Waals surface area contributed by atoms with Gasteiger partial charge in [0.1, 0.15) is 5.76 Å². The smallest absolute Gasteiger partial charge is 0.352 e. The molecule has 1 heterocycles. The molecule has 4 aliphatic rings. The molecule has 42 heavy (non-hydrogen) atoms. The van der Waals surface area contributed by atoms with Gasteiger partial charge in [-0.3, -0.25) is 9.59 Å². The second kappa shape index (κ2) is 10.3. The van der Waals surface area contributed by atoms with Crippen molar-refractivity contribution in [1.29, 1.82) is 0 Å². The van der Waals surface area contributed by atoms with E-state index < -0.39 is 65.3 Å². The van der Waals surface area contributed by atoms with Gasteiger partial charge >= 0.3 is 29.8 Å². The summed E-state index contributed by atoms with van der Waals surface area (Å²) in [6.07, 6.45) is -3.36. The van der Waals surface area contributed by atoms with Gasteiger partial charge in [0.25, 0.3) is 0 Å². The molecule has 1 unspecified atom stereocenters. The van der Waals surface area contributed by atoms with Crippen LogP contribution in [0.1, 0.15) is 58.1 Å². The first-order valence-corrected chi connectivity index (χ1v) is 13.6. The number of phenols is 1. The van der Waals surface area contributed by atoms with E-state index in [1.165, 1.54) is 0 Å². The van der Waals surface area contributed by atoms with Crippen molar-refractivity contribution in [2.24, 2.45) is 11.8 Å². The lowest BCUT2D eigenvalue weighted by molar-refractivity contribution is -0.193. The topological polar surface area (TPSA) is 192 Å². The number of rotatable bonds is 8. The van der Waals surface area contributed by atoms with Crippen LogP contribution in [0.3, 0.4) is 0 Å². The average Bonchev–Trinajstić information content (AvgIpc) is 3.27. The van der Waals surface area contributed by atoms with Gasteiger partial charge in [-0.25, -0.2) is 14.4 Å². The van der Waals surface area contributed by atoms with E-state index in [0.717, 1.165) is 32.8 Å². The second-order valence-corrected chi connectivity index (χ2v) is 11.4. The lowest BCUT2D eigenvalue weighted by Gasteiger charge is -2.61. The largest absolute Gasteiger partial charge is 0.504 e. The highest BCUT2D eigenvalue weighted by Crippen LogP contribution is 2.68. The van der Waals surface area contributed by atoms with Crippen LogP contribution in [0.25, 0.3) is 0 Å². The Morgan fingerprint density at radius 3 is 2.33 bits per heavy atom. The average molecular weight is 589 g/mol. The number of carboxylic acids is 1.